The number of carbonyl (C=O) groups is 2. The fourth-order valence-corrected chi connectivity index (χ4v) is 7.64. The van der Waals surface area contributed by atoms with Gasteiger partial charge in [0.05, 0.1) is 6.10 Å². The van der Waals surface area contributed by atoms with Gasteiger partial charge in [0.15, 0.2) is 5.78 Å². The van der Waals surface area contributed by atoms with Gasteiger partial charge in [0, 0.05) is 34.4 Å². The maximum absolute atomic E-state index is 13.5. The number of rotatable bonds is 7. The zero-order valence-electron chi connectivity index (χ0n) is 20.3. The number of aliphatic hydroxyl groups excluding tert-OH is 1. The van der Waals surface area contributed by atoms with Crippen LogP contribution >= 0.6 is 15.9 Å². The Balaban J connectivity index is 2.02. The second-order valence-corrected chi connectivity index (χ2v) is 12.0. The number of esters is 1. The number of alkyl halides is 1. The van der Waals surface area contributed by atoms with Gasteiger partial charge >= 0.3 is 5.97 Å². The maximum atomic E-state index is 13.5. The van der Waals surface area contributed by atoms with E-state index in [4.69, 9.17) is 4.74 Å². The standard InChI is InChI=1S/C27H41BrO4/c1-7-25(5)16-20(29)26(6)18(3)12-13-27(15-17(2)22(31)23(26)27)19(4)24(25)32-21(30)11-9-8-10-14-28/h7,18-20,23-24,29H,1-2,8-16H2,3-6H3/t18-,19+,20-,23+,24+,25-,26+,27+/m1/s1. The number of unbranched alkanes of at least 4 members (excludes halogenated alkanes) is 2. The predicted molar refractivity (Wildman–Crippen MR) is 131 cm³/mol. The number of Topliss-reactive ketones (excluding diaryl/α,β-unsaturated/α-hetero) is 1. The lowest BCUT2D eigenvalue weighted by Crippen LogP contribution is -2.62. The van der Waals surface area contributed by atoms with Crippen LogP contribution in [0.2, 0.25) is 0 Å². The van der Waals surface area contributed by atoms with E-state index in [2.05, 4.69) is 56.8 Å². The van der Waals surface area contributed by atoms with Crippen LogP contribution in [0, 0.1) is 34.0 Å². The molecule has 5 heteroatoms. The molecule has 3 fully saturated rings. The SMILES string of the molecule is C=C[C@]1(C)C[C@@H](O)[C@]2(C)[C@H](C)CC[C@]3(CC(=C)C(=O)[C@H]32)[C@@H](C)[C@@H]1OC(=O)CCCCCBr. The van der Waals surface area contributed by atoms with Crippen LogP contribution in [0.3, 0.4) is 0 Å². The zero-order valence-corrected chi connectivity index (χ0v) is 21.9. The average Bonchev–Trinajstić information content (AvgIpc) is 3.02. The molecule has 1 N–H and O–H groups in total. The van der Waals surface area contributed by atoms with E-state index in [9.17, 15) is 14.7 Å². The molecule has 2 bridgehead atoms. The first-order chi connectivity index (χ1) is 15.0. The number of carbonyl (C=O) groups excluding carboxylic acids is 2. The quantitative estimate of drug-likeness (QED) is 0.150. The molecule has 180 valence electrons. The highest BCUT2D eigenvalue weighted by Gasteiger charge is 2.68. The molecule has 0 saturated heterocycles. The minimum absolute atomic E-state index is 0.0375. The monoisotopic (exact) mass is 508 g/mol. The first-order valence-corrected chi connectivity index (χ1v) is 13.4. The van der Waals surface area contributed by atoms with E-state index in [1.807, 2.05) is 6.08 Å². The lowest BCUT2D eigenvalue weighted by atomic mass is 9.44. The molecule has 3 aliphatic carbocycles. The molecule has 0 heterocycles. The Labute approximate surface area is 202 Å². The molecular formula is C27H41BrO4. The lowest BCUT2D eigenvalue weighted by molar-refractivity contribution is -0.203. The normalized spacial score (nSPS) is 43.9. The Morgan fingerprint density at radius 2 is 1.97 bits per heavy atom. The summed E-state index contributed by atoms with van der Waals surface area (Å²) in [5.41, 5.74) is -0.787. The minimum Gasteiger partial charge on any atom is -0.461 e. The third-order valence-corrected chi connectivity index (χ3v) is 10.1. The zero-order chi connectivity index (χ0) is 23.9. The van der Waals surface area contributed by atoms with E-state index in [-0.39, 0.29) is 34.9 Å². The summed E-state index contributed by atoms with van der Waals surface area (Å²) in [5, 5.41) is 12.6. The third-order valence-electron chi connectivity index (χ3n) is 9.56. The fourth-order valence-electron chi connectivity index (χ4n) is 7.24. The van der Waals surface area contributed by atoms with Crippen LogP contribution in [0.5, 0.6) is 0 Å². The van der Waals surface area contributed by atoms with Crippen LogP contribution in [0.15, 0.2) is 24.8 Å². The summed E-state index contributed by atoms with van der Waals surface area (Å²) in [5.74, 6) is -0.190. The Kier molecular flexibility index (Phi) is 7.52. The molecule has 3 saturated carbocycles. The number of hydrogen-bond donors (Lipinski definition) is 1. The molecule has 0 aliphatic heterocycles. The second kappa shape index (κ2) is 9.37. The van der Waals surface area contributed by atoms with Crippen molar-refractivity contribution < 1.29 is 19.4 Å². The third kappa shape index (κ3) is 3.96. The van der Waals surface area contributed by atoms with Gasteiger partial charge in [0.25, 0.3) is 0 Å². The van der Waals surface area contributed by atoms with Crippen LogP contribution in [-0.2, 0) is 14.3 Å². The summed E-state index contributed by atoms with van der Waals surface area (Å²) >= 11 is 3.43. The molecule has 3 aliphatic rings. The van der Waals surface area contributed by atoms with Crippen molar-refractivity contribution in [2.45, 2.75) is 91.3 Å². The molecule has 0 amide bonds. The van der Waals surface area contributed by atoms with Crippen molar-refractivity contribution in [1.82, 2.24) is 0 Å². The van der Waals surface area contributed by atoms with Crippen LogP contribution in [-0.4, -0.2) is 34.4 Å². The first-order valence-electron chi connectivity index (χ1n) is 12.3. The fraction of sp³-hybridized carbons (Fsp3) is 0.778. The number of allylic oxidation sites excluding steroid dienone is 1. The Morgan fingerprint density at radius 1 is 1.28 bits per heavy atom. The summed E-state index contributed by atoms with van der Waals surface area (Å²) in [7, 11) is 0. The molecular weight excluding hydrogens is 468 g/mol. The Hall–Kier alpha value is -0.940. The van der Waals surface area contributed by atoms with E-state index in [1.165, 1.54) is 0 Å². The minimum atomic E-state index is -0.687. The largest absolute Gasteiger partial charge is 0.461 e. The van der Waals surface area contributed by atoms with Crippen LogP contribution in [0.25, 0.3) is 0 Å². The van der Waals surface area contributed by atoms with Gasteiger partial charge in [0.2, 0.25) is 0 Å². The molecule has 0 radical (unpaired) electrons. The van der Waals surface area contributed by atoms with Crippen molar-refractivity contribution in [3.05, 3.63) is 24.8 Å². The number of aliphatic hydroxyl groups is 1. The number of ether oxygens (including phenoxy) is 1. The van der Waals surface area contributed by atoms with Crippen molar-refractivity contribution in [3.8, 4) is 0 Å². The van der Waals surface area contributed by atoms with Gasteiger partial charge in [-0.3, -0.25) is 9.59 Å². The highest BCUT2D eigenvalue weighted by Crippen LogP contribution is 2.68. The molecule has 0 aromatic carbocycles. The molecule has 0 spiro atoms. The van der Waals surface area contributed by atoms with Gasteiger partial charge in [-0.2, -0.15) is 0 Å². The molecule has 0 aromatic heterocycles. The molecule has 0 aromatic rings. The molecule has 3 rings (SSSR count). The molecule has 8 atom stereocenters. The van der Waals surface area contributed by atoms with Gasteiger partial charge in [-0.25, -0.2) is 0 Å². The van der Waals surface area contributed by atoms with E-state index in [0.717, 1.165) is 37.4 Å². The molecule has 0 unspecified atom stereocenters. The summed E-state index contributed by atoms with van der Waals surface area (Å²) in [4.78, 5) is 26.4. The molecule has 4 nitrogen and oxygen atoms in total. The second-order valence-electron chi connectivity index (χ2n) is 11.2. The van der Waals surface area contributed by atoms with Crippen molar-refractivity contribution in [3.63, 3.8) is 0 Å². The maximum Gasteiger partial charge on any atom is 0.306 e. The van der Waals surface area contributed by atoms with Crippen LogP contribution in [0.4, 0.5) is 0 Å². The average molecular weight is 510 g/mol. The summed E-state index contributed by atoms with van der Waals surface area (Å²) in [6, 6.07) is 0. The van der Waals surface area contributed by atoms with E-state index in [0.29, 0.717) is 24.8 Å². The van der Waals surface area contributed by atoms with E-state index >= 15 is 0 Å². The Bertz CT molecular complexity index is 778. The van der Waals surface area contributed by atoms with Crippen molar-refractivity contribution in [1.29, 1.82) is 0 Å². The van der Waals surface area contributed by atoms with Gasteiger partial charge < -0.3 is 9.84 Å². The smallest absolute Gasteiger partial charge is 0.306 e. The van der Waals surface area contributed by atoms with Gasteiger partial charge in [0.1, 0.15) is 6.10 Å². The van der Waals surface area contributed by atoms with Crippen molar-refractivity contribution in [2.24, 2.45) is 34.0 Å². The van der Waals surface area contributed by atoms with Gasteiger partial charge in [-0.05, 0) is 55.4 Å². The highest BCUT2D eigenvalue weighted by atomic mass is 79.9. The van der Waals surface area contributed by atoms with Crippen LogP contribution in [0.1, 0.15) is 79.1 Å². The molecule has 32 heavy (non-hydrogen) atoms. The van der Waals surface area contributed by atoms with E-state index in [1.54, 1.807) is 0 Å². The summed E-state index contributed by atoms with van der Waals surface area (Å²) < 4.78 is 6.22. The number of ketones is 1. The van der Waals surface area contributed by atoms with Crippen LogP contribution < -0.4 is 0 Å². The van der Waals surface area contributed by atoms with Crippen molar-refractivity contribution in [2.75, 3.05) is 5.33 Å². The first kappa shape index (κ1) is 25.7. The van der Waals surface area contributed by atoms with Crippen molar-refractivity contribution >= 4 is 27.7 Å². The van der Waals surface area contributed by atoms with Gasteiger partial charge in [-0.1, -0.05) is 62.7 Å². The number of hydrogen-bond acceptors (Lipinski definition) is 4. The predicted octanol–water partition coefficient (Wildman–Crippen LogP) is 6.01. The summed E-state index contributed by atoms with van der Waals surface area (Å²) in [6.45, 7) is 16.7. The Morgan fingerprint density at radius 3 is 2.59 bits per heavy atom. The topological polar surface area (TPSA) is 63.6 Å². The highest BCUT2D eigenvalue weighted by molar-refractivity contribution is 9.09. The van der Waals surface area contributed by atoms with E-state index < -0.39 is 23.0 Å². The summed E-state index contributed by atoms with van der Waals surface area (Å²) in [6.07, 6.45) is 6.85. The number of halogens is 1. The lowest BCUT2D eigenvalue weighted by Gasteiger charge is -2.61. The van der Waals surface area contributed by atoms with Gasteiger partial charge in [-0.15, -0.1) is 6.58 Å².